The second-order valence-corrected chi connectivity index (χ2v) is 5.36. The van der Waals surface area contributed by atoms with Crippen LogP contribution in [0.2, 0.25) is 0 Å². The van der Waals surface area contributed by atoms with Crippen LogP contribution in [-0.2, 0) is 9.59 Å². The minimum atomic E-state index is -1.09. The lowest BCUT2D eigenvalue weighted by molar-refractivity contribution is -0.152. The van der Waals surface area contributed by atoms with Crippen LogP contribution in [-0.4, -0.2) is 29.1 Å². The van der Waals surface area contributed by atoms with Crippen molar-refractivity contribution >= 4 is 27.8 Å². The van der Waals surface area contributed by atoms with Crippen molar-refractivity contribution in [1.82, 2.24) is 5.32 Å². The molecule has 0 bridgehead atoms. The van der Waals surface area contributed by atoms with Gasteiger partial charge < -0.3 is 15.2 Å². The first-order valence-corrected chi connectivity index (χ1v) is 6.74. The minimum Gasteiger partial charge on any atom is -0.483 e. The Bertz CT molecular complexity index is 499. The molecule has 0 saturated heterocycles. The maximum Gasteiger partial charge on any atom is 0.329 e. The third-order valence-electron chi connectivity index (χ3n) is 3.19. The summed E-state index contributed by atoms with van der Waals surface area (Å²) in [5.74, 6) is -0.846. The van der Waals surface area contributed by atoms with E-state index in [0.717, 1.165) is 10.9 Å². The van der Waals surface area contributed by atoms with Crippen LogP contribution in [0, 0.1) is 0 Å². The Morgan fingerprint density at radius 2 is 2.05 bits per heavy atom. The zero-order chi connectivity index (χ0) is 13.9. The highest BCUT2D eigenvalue weighted by atomic mass is 79.9. The SMILES string of the molecule is O=C(COc1ccccc1Br)NC1(C(=O)O)CCC1. The highest BCUT2D eigenvalue weighted by Crippen LogP contribution is 2.32. The monoisotopic (exact) mass is 327 g/mol. The van der Waals surface area contributed by atoms with E-state index in [-0.39, 0.29) is 6.61 Å². The fourth-order valence-corrected chi connectivity index (χ4v) is 2.33. The molecular weight excluding hydrogens is 314 g/mol. The number of hydrogen-bond acceptors (Lipinski definition) is 3. The van der Waals surface area contributed by atoms with Crippen molar-refractivity contribution in [3.05, 3.63) is 28.7 Å². The van der Waals surface area contributed by atoms with Crippen LogP contribution in [0.15, 0.2) is 28.7 Å². The summed E-state index contributed by atoms with van der Waals surface area (Å²) in [5.41, 5.74) is -1.09. The number of nitrogens with one attached hydrogen (secondary N) is 1. The highest BCUT2D eigenvalue weighted by molar-refractivity contribution is 9.10. The molecule has 2 N–H and O–H groups in total. The van der Waals surface area contributed by atoms with Crippen molar-refractivity contribution < 1.29 is 19.4 Å². The van der Waals surface area contributed by atoms with Crippen molar-refractivity contribution in [3.63, 3.8) is 0 Å². The molecule has 0 aromatic heterocycles. The lowest BCUT2D eigenvalue weighted by atomic mass is 9.77. The zero-order valence-electron chi connectivity index (χ0n) is 10.2. The Balaban J connectivity index is 1.89. The molecule has 0 spiro atoms. The molecule has 0 unspecified atom stereocenters. The molecule has 0 heterocycles. The molecule has 5 nitrogen and oxygen atoms in total. The number of carbonyl (C=O) groups excluding carboxylic acids is 1. The summed E-state index contributed by atoms with van der Waals surface area (Å²) >= 11 is 3.31. The summed E-state index contributed by atoms with van der Waals surface area (Å²) in [7, 11) is 0. The average Bonchev–Trinajstić information content (AvgIpc) is 2.32. The predicted octanol–water partition coefficient (Wildman–Crippen LogP) is 1.95. The third-order valence-corrected chi connectivity index (χ3v) is 3.85. The minimum absolute atomic E-state index is 0.197. The van der Waals surface area contributed by atoms with E-state index in [1.165, 1.54) is 0 Å². The number of halogens is 1. The van der Waals surface area contributed by atoms with Crippen LogP contribution in [0.4, 0.5) is 0 Å². The standard InChI is InChI=1S/C13H14BrNO4/c14-9-4-1-2-5-10(9)19-8-11(16)15-13(12(17)18)6-3-7-13/h1-2,4-5H,3,6-8H2,(H,15,16)(H,17,18). The summed E-state index contributed by atoms with van der Waals surface area (Å²) in [5, 5.41) is 11.6. The van der Waals surface area contributed by atoms with Gasteiger partial charge in [0.2, 0.25) is 0 Å². The van der Waals surface area contributed by atoms with E-state index < -0.39 is 17.4 Å². The third kappa shape index (κ3) is 3.07. The van der Waals surface area contributed by atoms with Crippen LogP contribution in [0.3, 0.4) is 0 Å². The Kier molecular flexibility index (Phi) is 4.09. The Labute approximate surface area is 119 Å². The number of hydrogen-bond donors (Lipinski definition) is 2. The fraction of sp³-hybridized carbons (Fsp3) is 0.385. The van der Waals surface area contributed by atoms with Gasteiger partial charge in [0.25, 0.3) is 5.91 Å². The van der Waals surface area contributed by atoms with Crippen LogP contribution >= 0.6 is 15.9 Å². The van der Waals surface area contributed by atoms with Gasteiger partial charge in [0.15, 0.2) is 6.61 Å². The quantitative estimate of drug-likeness (QED) is 0.866. The van der Waals surface area contributed by atoms with Gasteiger partial charge in [-0.05, 0) is 47.3 Å². The number of aliphatic carboxylic acids is 1. The first kappa shape index (κ1) is 13.9. The Morgan fingerprint density at radius 1 is 1.37 bits per heavy atom. The van der Waals surface area contributed by atoms with Crippen molar-refractivity contribution in [3.8, 4) is 5.75 Å². The van der Waals surface area contributed by atoms with E-state index in [0.29, 0.717) is 18.6 Å². The molecule has 0 atom stereocenters. The number of carboxylic acid groups (broad SMARTS) is 1. The van der Waals surface area contributed by atoms with Crippen molar-refractivity contribution in [2.24, 2.45) is 0 Å². The van der Waals surface area contributed by atoms with Gasteiger partial charge in [-0.25, -0.2) is 4.79 Å². The molecule has 6 heteroatoms. The summed E-state index contributed by atoms with van der Waals surface area (Å²) < 4.78 is 6.09. The summed E-state index contributed by atoms with van der Waals surface area (Å²) in [4.78, 5) is 22.8. The maximum atomic E-state index is 11.7. The molecule has 1 aliphatic carbocycles. The largest absolute Gasteiger partial charge is 0.483 e. The number of para-hydroxylation sites is 1. The average molecular weight is 328 g/mol. The number of carbonyl (C=O) groups is 2. The molecule has 1 saturated carbocycles. The van der Waals surface area contributed by atoms with Crippen molar-refractivity contribution in [2.45, 2.75) is 24.8 Å². The van der Waals surface area contributed by atoms with E-state index in [2.05, 4.69) is 21.2 Å². The zero-order valence-corrected chi connectivity index (χ0v) is 11.8. The van der Waals surface area contributed by atoms with Crippen LogP contribution in [0.5, 0.6) is 5.75 Å². The topological polar surface area (TPSA) is 75.6 Å². The van der Waals surface area contributed by atoms with Gasteiger partial charge in [-0.1, -0.05) is 12.1 Å². The number of rotatable bonds is 5. The van der Waals surface area contributed by atoms with E-state index in [4.69, 9.17) is 9.84 Å². The molecule has 2 rings (SSSR count). The molecule has 1 aromatic rings. The number of carboxylic acids is 1. The highest BCUT2D eigenvalue weighted by Gasteiger charge is 2.45. The normalized spacial score (nSPS) is 16.3. The van der Waals surface area contributed by atoms with Gasteiger partial charge in [-0.15, -0.1) is 0 Å². The van der Waals surface area contributed by atoms with Gasteiger partial charge in [-0.2, -0.15) is 0 Å². The molecule has 0 radical (unpaired) electrons. The number of ether oxygens (including phenoxy) is 1. The molecule has 19 heavy (non-hydrogen) atoms. The van der Waals surface area contributed by atoms with Gasteiger partial charge in [-0.3, -0.25) is 4.79 Å². The number of benzene rings is 1. The van der Waals surface area contributed by atoms with Crippen LogP contribution in [0.25, 0.3) is 0 Å². The number of amides is 1. The van der Waals surface area contributed by atoms with E-state index in [1.807, 2.05) is 6.07 Å². The fourth-order valence-electron chi connectivity index (χ4n) is 1.93. The summed E-state index contributed by atoms with van der Waals surface area (Å²) in [6, 6.07) is 7.17. The molecule has 0 aliphatic heterocycles. The second kappa shape index (κ2) is 5.61. The molecule has 1 aliphatic rings. The Hall–Kier alpha value is -1.56. The van der Waals surface area contributed by atoms with Gasteiger partial charge in [0.05, 0.1) is 4.47 Å². The maximum absolute atomic E-state index is 11.7. The van der Waals surface area contributed by atoms with Crippen LogP contribution < -0.4 is 10.1 Å². The molecule has 1 aromatic carbocycles. The lowest BCUT2D eigenvalue weighted by Gasteiger charge is -2.38. The molecular formula is C13H14BrNO4. The van der Waals surface area contributed by atoms with Crippen molar-refractivity contribution in [2.75, 3.05) is 6.61 Å². The second-order valence-electron chi connectivity index (χ2n) is 4.51. The Morgan fingerprint density at radius 3 is 2.58 bits per heavy atom. The predicted molar refractivity (Wildman–Crippen MR) is 72.0 cm³/mol. The summed E-state index contributed by atoms with van der Waals surface area (Å²) in [6.45, 7) is -0.197. The smallest absolute Gasteiger partial charge is 0.329 e. The molecule has 1 amide bonds. The van der Waals surface area contributed by atoms with Gasteiger partial charge in [0.1, 0.15) is 11.3 Å². The molecule has 1 fully saturated rings. The van der Waals surface area contributed by atoms with Gasteiger partial charge in [0, 0.05) is 0 Å². The van der Waals surface area contributed by atoms with Crippen LogP contribution in [0.1, 0.15) is 19.3 Å². The van der Waals surface area contributed by atoms with E-state index in [9.17, 15) is 9.59 Å². The van der Waals surface area contributed by atoms with E-state index in [1.54, 1.807) is 18.2 Å². The van der Waals surface area contributed by atoms with E-state index >= 15 is 0 Å². The summed E-state index contributed by atoms with van der Waals surface area (Å²) in [6.07, 6.45) is 1.77. The first-order valence-electron chi connectivity index (χ1n) is 5.95. The van der Waals surface area contributed by atoms with Gasteiger partial charge >= 0.3 is 5.97 Å². The first-order chi connectivity index (χ1) is 9.03. The lowest BCUT2D eigenvalue weighted by Crippen LogP contribution is -2.59. The van der Waals surface area contributed by atoms with Crippen molar-refractivity contribution in [1.29, 1.82) is 0 Å². The molecule has 102 valence electrons.